The van der Waals surface area contributed by atoms with Gasteiger partial charge in [0.05, 0.1) is 18.1 Å². The Morgan fingerprint density at radius 2 is 2.07 bits per heavy atom. The predicted octanol–water partition coefficient (Wildman–Crippen LogP) is 1.31. The molecule has 7 heteroatoms. The number of hydrogen-bond acceptors (Lipinski definition) is 7. The highest BCUT2D eigenvalue weighted by Gasteiger charge is 2.73. The highest BCUT2D eigenvalue weighted by molar-refractivity contribution is 5.87. The molecule has 2 N–H and O–H groups in total. The summed E-state index contributed by atoms with van der Waals surface area (Å²) in [6, 6.07) is 0. The van der Waals surface area contributed by atoms with E-state index in [1.54, 1.807) is 0 Å². The largest absolute Gasteiger partial charge is 0.434 e. The number of aldehydes is 1. The Balaban J connectivity index is 1.76. The summed E-state index contributed by atoms with van der Waals surface area (Å²) in [5.41, 5.74) is -1.40. The number of carbonyl (C=O) groups excluding carboxylic acids is 2. The minimum Gasteiger partial charge on any atom is -0.434 e. The molecule has 150 valence electrons. The number of hydrogen-bond donors (Lipinski definition) is 2. The van der Waals surface area contributed by atoms with Crippen LogP contribution in [0.1, 0.15) is 46.0 Å². The average molecular weight is 380 g/mol. The van der Waals surface area contributed by atoms with Gasteiger partial charge < -0.3 is 24.4 Å². The SMILES string of the molecule is CC1(C)C[C@H](O)[C@H](O)[C@]23C(=O)O[C@H](OC4CCCCO4)[C@H]2C(C=O)=CC[C@@H]13. The molecule has 7 nitrogen and oxygen atoms in total. The molecule has 27 heavy (non-hydrogen) atoms. The highest BCUT2D eigenvalue weighted by atomic mass is 16.8. The summed E-state index contributed by atoms with van der Waals surface area (Å²) in [5, 5.41) is 21.5. The summed E-state index contributed by atoms with van der Waals surface area (Å²) in [6.07, 6.45) is 2.11. The summed E-state index contributed by atoms with van der Waals surface area (Å²) >= 11 is 0. The van der Waals surface area contributed by atoms with Gasteiger partial charge in [0.15, 0.2) is 6.29 Å². The fraction of sp³-hybridized carbons (Fsp3) is 0.800. The van der Waals surface area contributed by atoms with Gasteiger partial charge in [-0.2, -0.15) is 0 Å². The van der Waals surface area contributed by atoms with Crippen LogP contribution in [0.4, 0.5) is 0 Å². The van der Waals surface area contributed by atoms with E-state index in [1.165, 1.54) is 0 Å². The molecule has 7 atom stereocenters. The second kappa shape index (κ2) is 6.65. The van der Waals surface area contributed by atoms with Gasteiger partial charge in [0, 0.05) is 6.61 Å². The standard InChI is InChI=1S/C20H28O7/c1-19(2)9-12(22)16(23)20-13(19)7-6-11(10-21)15(20)17(27-18(20)24)26-14-5-3-4-8-25-14/h6,10,12-17,22-23H,3-5,7-9H2,1-2H3/t12-,13-,14?,15+,16-,17-,20+/m0/s1. The van der Waals surface area contributed by atoms with Gasteiger partial charge in [-0.25, -0.2) is 0 Å². The third kappa shape index (κ3) is 2.70. The van der Waals surface area contributed by atoms with Crippen molar-refractivity contribution in [1.82, 2.24) is 0 Å². The minimum atomic E-state index is -1.38. The van der Waals surface area contributed by atoms with Crippen molar-refractivity contribution in [3.05, 3.63) is 11.6 Å². The smallest absolute Gasteiger partial charge is 0.318 e. The van der Waals surface area contributed by atoms with Gasteiger partial charge in [-0.1, -0.05) is 19.9 Å². The van der Waals surface area contributed by atoms with Gasteiger partial charge in [0.1, 0.15) is 11.7 Å². The van der Waals surface area contributed by atoms with Crippen molar-refractivity contribution >= 4 is 12.3 Å². The van der Waals surface area contributed by atoms with Gasteiger partial charge in [-0.05, 0) is 49.0 Å². The Morgan fingerprint density at radius 3 is 2.74 bits per heavy atom. The van der Waals surface area contributed by atoms with E-state index >= 15 is 0 Å². The Labute approximate surface area is 158 Å². The average Bonchev–Trinajstić information content (AvgIpc) is 2.93. The fourth-order valence-electron chi connectivity index (χ4n) is 5.78. The first kappa shape index (κ1) is 19.1. The van der Waals surface area contributed by atoms with Crippen molar-refractivity contribution in [2.75, 3.05) is 6.61 Å². The van der Waals surface area contributed by atoms with Crippen molar-refractivity contribution in [2.24, 2.45) is 22.7 Å². The number of aliphatic hydroxyl groups is 2. The number of cyclic esters (lactones) is 1. The lowest BCUT2D eigenvalue weighted by atomic mass is 9.47. The maximum atomic E-state index is 13.2. The monoisotopic (exact) mass is 380 g/mol. The van der Waals surface area contributed by atoms with Gasteiger partial charge in [-0.3, -0.25) is 9.59 Å². The van der Waals surface area contributed by atoms with E-state index in [0.29, 0.717) is 37.7 Å². The summed E-state index contributed by atoms with van der Waals surface area (Å²) in [4.78, 5) is 25.0. The molecule has 2 aliphatic heterocycles. The van der Waals surface area contributed by atoms with Gasteiger partial charge in [0.2, 0.25) is 6.29 Å². The third-order valence-electron chi connectivity index (χ3n) is 6.98. The number of carbonyl (C=O) groups is 2. The van der Waals surface area contributed by atoms with Crippen LogP contribution in [-0.4, -0.2) is 53.9 Å². The lowest BCUT2D eigenvalue weighted by Gasteiger charge is -2.56. The van der Waals surface area contributed by atoms with Crippen LogP contribution in [0, 0.1) is 22.7 Å². The van der Waals surface area contributed by atoms with E-state index in [0.717, 1.165) is 12.8 Å². The number of aliphatic hydroxyl groups excluding tert-OH is 2. The normalized spacial score (nSPS) is 46.1. The molecule has 0 aromatic heterocycles. The van der Waals surface area contributed by atoms with Crippen LogP contribution in [0.5, 0.6) is 0 Å². The molecule has 0 bridgehead atoms. The molecule has 2 heterocycles. The Bertz CT molecular complexity index is 651. The first-order valence-electron chi connectivity index (χ1n) is 9.82. The number of esters is 1. The lowest BCUT2D eigenvalue weighted by Crippen LogP contribution is -2.64. The summed E-state index contributed by atoms with van der Waals surface area (Å²) < 4.78 is 17.2. The van der Waals surface area contributed by atoms with Crippen molar-refractivity contribution in [2.45, 2.75) is 70.7 Å². The molecular formula is C20H28O7. The quantitative estimate of drug-likeness (QED) is 0.562. The van der Waals surface area contributed by atoms with Crippen LogP contribution < -0.4 is 0 Å². The number of allylic oxidation sites excluding steroid dienone is 1. The topological polar surface area (TPSA) is 102 Å². The van der Waals surface area contributed by atoms with Crippen molar-refractivity contribution in [3.8, 4) is 0 Å². The molecule has 0 aromatic carbocycles. The first-order chi connectivity index (χ1) is 12.8. The maximum Gasteiger partial charge on any atom is 0.318 e. The number of rotatable bonds is 3. The molecule has 2 aliphatic carbocycles. The maximum absolute atomic E-state index is 13.2. The van der Waals surface area contributed by atoms with Crippen molar-refractivity contribution in [3.63, 3.8) is 0 Å². The predicted molar refractivity (Wildman–Crippen MR) is 93.1 cm³/mol. The highest BCUT2D eigenvalue weighted by Crippen LogP contribution is 2.64. The van der Waals surface area contributed by atoms with Crippen molar-refractivity contribution in [1.29, 1.82) is 0 Å². The Morgan fingerprint density at radius 1 is 1.30 bits per heavy atom. The van der Waals surface area contributed by atoms with E-state index in [9.17, 15) is 19.8 Å². The van der Waals surface area contributed by atoms with E-state index in [2.05, 4.69) is 0 Å². The molecule has 0 amide bonds. The van der Waals surface area contributed by atoms with Gasteiger partial charge in [0.25, 0.3) is 0 Å². The zero-order chi connectivity index (χ0) is 19.4. The lowest BCUT2D eigenvalue weighted by molar-refractivity contribution is -0.250. The second-order valence-corrected chi connectivity index (χ2v) is 8.93. The fourth-order valence-corrected chi connectivity index (χ4v) is 5.78. The molecule has 0 radical (unpaired) electrons. The molecule has 0 aromatic rings. The van der Waals surface area contributed by atoms with E-state index in [4.69, 9.17) is 14.2 Å². The molecule has 2 saturated heterocycles. The summed E-state index contributed by atoms with van der Waals surface area (Å²) in [7, 11) is 0. The number of ether oxygens (including phenoxy) is 3. The first-order valence-corrected chi connectivity index (χ1v) is 9.82. The van der Waals surface area contributed by atoms with E-state index in [1.807, 2.05) is 19.9 Å². The van der Waals surface area contributed by atoms with Gasteiger partial charge in [-0.15, -0.1) is 0 Å². The van der Waals surface area contributed by atoms with Crippen LogP contribution in [0.2, 0.25) is 0 Å². The Hall–Kier alpha value is -1.28. The second-order valence-electron chi connectivity index (χ2n) is 8.93. The van der Waals surface area contributed by atoms with Gasteiger partial charge >= 0.3 is 5.97 Å². The van der Waals surface area contributed by atoms with Crippen LogP contribution >= 0.6 is 0 Å². The van der Waals surface area contributed by atoms with Crippen molar-refractivity contribution < 1.29 is 34.0 Å². The zero-order valence-electron chi connectivity index (χ0n) is 15.8. The molecule has 1 saturated carbocycles. The Kier molecular flexibility index (Phi) is 4.70. The third-order valence-corrected chi connectivity index (χ3v) is 6.98. The molecular weight excluding hydrogens is 352 g/mol. The molecule has 1 unspecified atom stereocenters. The van der Waals surface area contributed by atoms with E-state index < -0.39 is 47.5 Å². The minimum absolute atomic E-state index is 0.259. The van der Waals surface area contributed by atoms with Crippen LogP contribution in [0.15, 0.2) is 11.6 Å². The van der Waals surface area contributed by atoms with E-state index in [-0.39, 0.29) is 5.92 Å². The van der Waals surface area contributed by atoms with Crippen LogP contribution in [0.3, 0.4) is 0 Å². The molecule has 4 rings (SSSR count). The zero-order valence-corrected chi connectivity index (χ0v) is 15.8. The summed E-state index contributed by atoms with van der Waals surface area (Å²) in [6.45, 7) is 4.54. The van der Waals surface area contributed by atoms with Crippen LogP contribution in [-0.2, 0) is 23.8 Å². The summed E-state index contributed by atoms with van der Waals surface area (Å²) in [5.74, 6) is -1.61. The van der Waals surface area contributed by atoms with Crippen LogP contribution in [0.25, 0.3) is 0 Å². The molecule has 3 fully saturated rings. The molecule has 4 aliphatic rings. The molecule has 1 spiro atoms.